The van der Waals surface area contributed by atoms with Gasteiger partial charge in [0.25, 0.3) is 5.91 Å². The zero-order valence-electron chi connectivity index (χ0n) is 19.4. The lowest BCUT2D eigenvalue weighted by Gasteiger charge is -2.27. The summed E-state index contributed by atoms with van der Waals surface area (Å²) in [6, 6.07) is 8.10. The van der Waals surface area contributed by atoms with E-state index >= 15 is 0 Å². The Labute approximate surface area is 212 Å². The summed E-state index contributed by atoms with van der Waals surface area (Å²) in [4.78, 5) is 23.7. The minimum absolute atomic E-state index is 0. The number of hydrogen-bond acceptors (Lipinski definition) is 5. The van der Waals surface area contributed by atoms with Crippen LogP contribution in [0.1, 0.15) is 53.3 Å². The molecule has 2 aromatic rings. The summed E-state index contributed by atoms with van der Waals surface area (Å²) in [5.41, 5.74) is 1.81. The first kappa shape index (κ1) is 25.4. The fourth-order valence-electron chi connectivity index (χ4n) is 4.34. The fraction of sp³-hybridized carbons (Fsp3) is 0.565. The van der Waals surface area contributed by atoms with Crippen LogP contribution >= 0.6 is 24.0 Å². The molecule has 0 spiro atoms. The second kappa shape index (κ2) is 12.3. The third-order valence-electron chi connectivity index (χ3n) is 6.02. The Bertz CT molecular complexity index is 956. The van der Waals surface area contributed by atoms with Crippen molar-refractivity contribution in [1.29, 1.82) is 0 Å². The van der Waals surface area contributed by atoms with Crippen LogP contribution in [0.15, 0.2) is 29.3 Å². The number of aromatic nitrogens is 3. The van der Waals surface area contributed by atoms with Crippen LogP contribution in [0.3, 0.4) is 0 Å². The number of aryl methyl sites for hydroxylation is 1. The maximum Gasteiger partial charge on any atom is 0.253 e. The van der Waals surface area contributed by atoms with Crippen molar-refractivity contribution in [2.75, 3.05) is 27.2 Å². The summed E-state index contributed by atoms with van der Waals surface area (Å²) in [5, 5.41) is 11.4. The van der Waals surface area contributed by atoms with Crippen molar-refractivity contribution < 1.29 is 9.53 Å². The van der Waals surface area contributed by atoms with E-state index in [4.69, 9.17) is 4.74 Å². The molecule has 2 N–H and O–H groups in total. The van der Waals surface area contributed by atoms with Crippen LogP contribution < -0.4 is 10.6 Å². The van der Waals surface area contributed by atoms with E-state index in [-0.39, 0.29) is 35.9 Å². The number of hydrogen-bond donors (Lipinski definition) is 2. The maximum atomic E-state index is 12.8. The average molecular weight is 567 g/mol. The third kappa shape index (κ3) is 6.66. The molecule has 1 unspecified atom stereocenters. The Morgan fingerprint density at radius 2 is 2.09 bits per heavy atom. The number of amides is 1. The number of rotatable bonds is 6. The summed E-state index contributed by atoms with van der Waals surface area (Å²) in [6.07, 6.45) is 5.24. The van der Waals surface area contributed by atoms with Crippen LogP contribution in [0.5, 0.6) is 0 Å². The third-order valence-corrected chi connectivity index (χ3v) is 6.02. The second-order valence-electron chi connectivity index (χ2n) is 8.42. The largest absolute Gasteiger partial charge is 0.377 e. The molecule has 0 bridgehead atoms. The highest BCUT2D eigenvalue weighted by molar-refractivity contribution is 14.0. The maximum absolute atomic E-state index is 12.8. The van der Waals surface area contributed by atoms with Crippen molar-refractivity contribution in [1.82, 2.24) is 30.3 Å². The van der Waals surface area contributed by atoms with Gasteiger partial charge in [-0.1, -0.05) is 12.1 Å². The topological polar surface area (TPSA) is 96.7 Å². The van der Waals surface area contributed by atoms with Gasteiger partial charge >= 0.3 is 0 Å². The highest BCUT2D eigenvalue weighted by Gasteiger charge is 2.22. The number of carbonyl (C=O) groups excluding carboxylic acids is 1. The van der Waals surface area contributed by atoms with Gasteiger partial charge in [-0.3, -0.25) is 9.79 Å². The zero-order valence-corrected chi connectivity index (χ0v) is 21.7. The first-order chi connectivity index (χ1) is 15.7. The van der Waals surface area contributed by atoms with E-state index in [1.807, 2.05) is 33.8 Å². The first-order valence-corrected chi connectivity index (χ1v) is 11.4. The molecule has 10 heteroatoms. The van der Waals surface area contributed by atoms with Gasteiger partial charge in [-0.05, 0) is 43.4 Å². The highest BCUT2D eigenvalue weighted by Crippen LogP contribution is 2.15. The van der Waals surface area contributed by atoms with Crippen LogP contribution in [0.2, 0.25) is 0 Å². The van der Waals surface area contributed by atoms with E-state index in [9.17, 15) is 4.79 Å². The van der Waals surface area contributed by atoms with Crippen molar-refractivity contribution in [3.63, 3.8) is 0 Å². The number of ether oxygens (including phenoxy) is 1. The molecule has 33 heavy (non-hydrogen) atoms. The molecular weight excluding hydrogens is 533 g/mol. The molecule has 4 rings (SSSR count). The molecule has 1 amide bonds. The Hall–Kier alpha value is -2.21. The first-order valence-electron chi connectivity index (χ1n) is 11.4. The number of piperidine rings is 1. The lowest BCUT2D eigenvalue weighted by Crippen LogP contribution is -2.46. The van der Waals surface area contributed by atoms with Gasteiger partial charge in [0.15, 0.2) is 11.8 Å². The summed E-state index contributed by atoms with van der Waals surface area (Å²) >= 11 is 0. The molecule has 180 valence electrons. The van der Waals surface area contributed by atoms with E-state index in [0.717, 1.165) is 74.1 Å². The molecular formula is C23H34IN7O2. The number of aliphatic imine (C=N–C) groups is 1. The number of halogens is 1. The second-order valence-corrected chi connectivity index (χ2v) is 8.42. The molecule has 1 atom stereocenters. The molecule has 1 aromatic heterocycles. The van der Waals surface area contributed by atoms with E-state index in [1.165, 1.54) is 6.42 Å². The van der Waals surface area contributed by atoms with Gasteiger partial charge in [0.1, 0.15) is 12.4 Å². The van der Waals surface area contributed by atoms with E-state index in [2.05, 4.69) is 25.7 Å². The molecule has 9 nitrogen and oxygen atoms in total. The molecule has 3 heterocycles. The van der Waals surface area contributed by atoms with Gasteiger partial charge in [-0.2, -0.15) is 5.10 Å². The zero-order chi connectivity index (χ0) is 22.3. The quantitative estimate of drug-likeness (QED) is 0.316. The molecule has 0 aliphatic carbocycles. The molecule has 1 fully saturated rings. The van der Waals surface area contributed by atoms with Crippen LogP contribution in [0, 0.1) is 0 Å². The normalized spacial score (nSPS) is 18.3. The predicted molar refractivity (Wildman–Crippen MR) is 138 cm³/mol. The number of carbonyl (C=O) groups is 1. The Balaban J connectivity index is 0.00000306. The van der Waals surface area contributed by atoms with Crippen molar-refractivity contribution in [3.05, 3.63) is 47.0 Å². The van der Waals surface area contributed by atoms with Gasteiger partial charge in [0, 0.05) is 51.8 Å². The Morgan fingerprint density at radius 3 is 2.85 bits per heavy atom. The number of benzene rings is 1. The smallest absolute Gasteiger partial charge is 0.253 e. The lowest BCUT2D eigenvalue weighted by atomic mass is 10.1. The van der Waals surface area contributed by atoms with Gasteiger partial charge in [-0.25, -0.2) is 9.67 Å². The Morgan fingerprint density at radius 1 is 1.27 bits per heavy atom. The van der Waals surface area contributed by atoms with E-state index in [0.29, 0.717) is 13.2 Å². The van der Waals surface area contributed by atoms with Crippen molar-refractivity contribution >= 4 is 35.8 Å². The number of nitrogens with one attached hydrogen (secondary N) is 2. The number of nitrogens with zero attached hydrogens (tertiary/aromatic N) is 5. The summed E-state index contributed by atoms with van der Waals surface area (Å²) in [5.74, 6) is 2.61. The number of guanidine groups is 1. The van der Waals surface area contributed by atoms with Gasteiger partial charge in [0.05, 0.1) is 6.54 Å². The van der Waals surface area contributed by atoms with Gasteiger partial charge in [-0.15, -0.1) is 24.0 Å². The monoisotopic (exact) mass is 567 g/mol. The number of methoxy groups -OCH3 is 1. The van der Waals surface area contributed by atoms with E-state index in [1.54, 1.807) is 14.2 Å². The summed E-state index contributed by atoms with van der Waals surface area (Å²) in [7, 11) is 3.42. The van der Waals surface area contributed by atoms with Gasteiger partial charge in [0.2, 0.25) is 0 Å². The van der Waals surface area contributed by atoms with Crippen LogP contribution in [-0.2, 0) is 30.9 Å². The van der Waals surface area contributed by atoms with Crippen molar-refractivity contribution in [2.45, 2.75) is 57.8 Å². The van der Waals surface area contributed by atoms with Crippen LogP contribution in [0.4, 0.5) is 0 Å². The standard InChI is InChI=1S/C23H33N7O2.HI/c1-24-23(26-19-9-10-21-27-20(16-32-2)28-30(21)15-19)25-14-17-7-6-8-18(13-17)22(31)29-11-4-3-5-12-29;/h6-8,13,19H,3-5,9-12,14-16H2,1-2H3,(H2,24,25,26);1H. The number of fused-ring (bicyclic) bond motifs is 1. The number of likely N-dealkylation sites (tertiary alicyclic amines) is 1. The summed E-state index contributed by atoms with van der Waals surface area (Å²) < 4.78 is 7.10. The predicted octanol–water partition coefficient (Wildman–Crippen LogP) is 2.35. The summed E-state index contributed by atoms with van der Waals surface area (Å²) in [6.45, 7) is 3.49. The Kier molecular flexibility index (Phi) is 9.48. The molecule has 1 aromatic carbocycles. The molecule has 0 saturated carbocycles. The molecule has 2 aliphatic heterocycles. The lowest BCUT2D eigenvalue weighted by molar-refractivity contribution is 0.0724. The minimum Gasteiger partial charge on any atom is -0.377 e. The molecule has 2 aliphatic rings. The van der Waals surface area contributed by atoms with Crippen molar-refractivity contribution in [2.24, 2.45) is 4.99 Å². The fourth-order valence-corrected chi connectivity index (χ4v) is 4.34. The minimum atomic E-state index is 0. The van der Waals surface area contributed by atoms with E-state index < -0.39 is 0 Å². The average Bonchev–Trinajstić information content (AvgIpc) is 3.24. The SMILES string of the molecule is CN=C(NCc1cccc(C(=O)N2CCCCC2)c1)NC1CCc2nc(COC)nn2C1.I. The van der Waals surface area contributed by atoms with Gasteiger partial charge < -0.3 is 20.3 Å². The van der Waals surface area contributed by atoms with Crippen LogP contribution in [-0.4, -0.2) is 64.8 Å². The molecule has 1 saturated heterocycles. The van der Waals surface area contributed by atoms with Crippen LogP contribution in [0.25, 0.3) is 0 Å². The highest BCUT2D eigenvalue weighted by atomic mass is 127. The molecule has 0 radical (unpaired) electrons. The van der Waals surface area contributed by atoms with Crippen molar-refractivity contribution in [3.8, 4) is 0 Å².